The van der Waals surface area contributed by atoms with Gasteiger partial charge in [0.05, 0.1) is 19.8 Å². The van der Waals surface area contributed by atoms with Crippen molar-refractivity contribution in [2.45, 2.75) is 19.4 Å². The van der Waals surface area contributed by atoms with E-state index in [0.717, 1.165) is 22.7 Å². The molecule has 1 unspecified atom stereocenters. The van der Waals surface area contributed by atoms with Crippen molar-refractivity contribution in [1.29, 1.82) is 0 Å². The van der Waals surface area contributed by atoms with Crippen LogP contribution in [0.15, 0.2) is 72.8 Å². The third-order valence-electron chi connectivity index (χ3n) is 4.56. The van der Waals surface area contributed by atoms with Crippen molar-refractivity contribution in [3.8, 4) is 11.5 Å². The molecule has 0 aliphatic rings. The van der Waals surface area contributed by atoms with Crippen LogP contribution in [0.25, 0.3) is 0 Å². The van der Waals surface area contributed by atoms with Crippen molar-refractivity contribution in [2.24, 2.45) is 0 Å². The highest BCUT2D eigenvalue weighted by Crippen LogP contribution is 2.28. The summed E-state index contributed by atoms with van der Waals surface area (Å²) in [5.74, 6) is 1.57. The van der Waals surface area contributed by atoms with Gasteiger partial charge in [-0.3, -0.25) is 4.79 Å². The fraction of sp³-hybridized carbons (Fsp3) is 0.208. The Morgan fingerprint density at radius 3 is 2.31 bits per heavy atom. The minimum absolute atomic E-state index is 0.0427. The average molecular weight is 410 g/mol. The van der Waals surface area contributed by atoms with Crippen molar-refractivity contribution in [3.05, 3.63) is 88.9 Å². The van der Waals surface area contributed by atoms with Crippen LogP contribution in [0, 0.1) is 0 Å². The molecule has 5 heteroatoms. The molecule has 4 nitrogen and oxygen atoms in total. The second-order valence-corrected chi connectivity index (χ2v) is 7.00. The molecule has 0 aromatic heterocycles. The van der Waals surface area contributed by atoms with Gasteiger partial charge < -0.3 is 14.8 Å². The lowest BCUT2D eigenvalue weighted by Gasteiger charge is -2.21. The van der Waals surface area contributed by atoms with E-state index in [0.29, 0.717) is 23.6 Å². The molecule has 29 heavy (non-hydrogen) atoms. The zero-order chi connectivity index (χ0) is 20.6. The number of methoxy groups -OCH3 is 1. The highest BCUT2D eigenvalue weighted by molar-refractivity contribution is 6.30. The van der Waals surface area contributed by atoms with Crippen LogP contribution in [0.3, 0.4) is 0 Å². The number of carbonyl (C=O) groups is 1. The van der Waals surface area contributed by atoms with E-state index in [-0.39, 0.29) is 11.8 Å². The molecule has 0 spiro atoms. The zero-order valence-corrected chi connectivity index (χ0v) is 17.3. The van der Waals surface area contributed by atoms with Gasteiger partial charge in [-0.2, -0.15) is 0 Å². The first-order valence-electron chi connectivity index (χ1n) is 9.51. The maximum atomic E-state index is 12.9. The maximum absolute atomic E-state index is 12.9. The number of anilines is 1. The van der Waals surface area contributed by atoms with Crippen LogP contribution in [-0.4, -0.2) is 19.5 Å². The first-order valence-corrected chi connectivity index (χ1v) is 9.89. The minimum Gasteiger partial charge on any atom is -0.497 e. The standard InChI is InChI=1S/C24H24ClNO3/c1-3-29-22-13-7-17(8-14-22)23(26-20-6-4-5-19(25)15-20)16-24(27)18-9-11-21(28-2)12-10-18/h4-15,23,26H,3,16H2,1-2H3. The number of ether oxygens (including phenoxy) is 2. The van der Waals surface area contributed by atoms with Crippen LogP contribution < -0.4 is 14.8 Å². The average Bonchev–Trinajstić information content (AvgIpc) is 2.74. The summed E-state index contributed by atoms with van der Waals surface area (Å²) in [7, 11) is 1.60. The number of halogens is 1. The van der Waals surface area contributed by atoms with Crippen molar-refractivity contribution in [2.75, 3.05) is 19.0 Å². The number of nitrogens with one attached hydrogen (secondary N) is 1. The van der Waals surface area contributed by atoms with Gasteiger partial charge in [0.1, 0.15) is 11.5 Å². The second kappa shape index (κ2) is 9.99. The molecular weight excluding hydrogens is 386 g/mol. The molecule has 0 saturated carbocycles. The Bertz CT molecular complexity index is 939. The number of rotatable bonds is 9. The van der Waals surface area contributed by atoms with Crippen molar-refractivity contribution < 1.29 is 14.3 Å². The number of Topliss-reactive ketones (excluding diaryl/α,β-unsaturated/α-hetero) is 1. The van der Waals surface area contributed by atoms with E-state index in [1.807, 2.05) is 55.5 Å². The van der Waals surface area contributed by atoms with Gasteiger partial charge in [-0.1, -0.05) is 29.8 Å². The molecule has 1 atom stereocenters. The Hall–Kier alpha value is -2.98. The number of benzene rings is 3. The predicted octanol–water partition coefficient (Wildman–Crippen LogP) is 6.17. The second-order valence-electron chi connectivity index (χ2n) is 6.57. The molecule has 150 valence electrons. The monoisotopic (exact) mass is 409 g/mol. The molecule has 0 saturated heterocycles. The Balaban J connectivity index is 1.83. The van der Waals surface area contributed by atoms with E-state index in [1.165, 1.54) is 0 Å². The van der Waals surface area contributed by atoms with Gasteiger partial charge >= 0.3 is 0 Å². The van der Waals surface area contributed by atoms with E-state index < -0.39 is 0 Å². The molecule has 3 aromatic carbocycles. The molecule has 0 amide bonds. The summed E-state index contributed by atoms with van der Waals surface area (Å²) in [4.78, 5) is 12.9. The smallest absolute Gasteiger partial charge is 0.165 e. The SMILES string of the molecule is CCOc1ccc(C(CC(=O)c2ccc(OC)cc2)Nc2cccc(Cl)c2)cc1. The van der Waals surface area contributed by atoms with Gasteiger partial charge in [0, 0.05) is 22.7 Å². The number of hydrogen-bond donors (Lipinski definition) is 1. The summed E-state index contributed by atoms with van der Waals surface area (Å²) in [6.45, 7) is 2.56. The quantitative estimate of drug-likeness (QED) is 0.429. The Kier molecular flexibility index (Phi) is 7.14. The molecule has 0 fully saturated rings. The normalized spacial score (nSPS) is 11.6. The summed E-state index contributed by atoms with van der Waals surface area (Å²) in [6.07, 6.45) is 0.298. The largest absolute Gasteiger partial charge is 0.497 e. The molecule has 3 rings (SSSR count). The van der Waals surface area contributed by atoms with Crippen LogP contribution in [0.5, 0.6) is 11.5 Å². The number of hydrogen-bond acceptors (Lipinski definition) is 4. The molecular formula is C24H24ClNO3. The van der Waals surface area contributed by atoms with Crippen LogP contribution in [0.1, 0.15) is 35.3 Å². The summed E-state index contributed by atoms with van der Waals surface area (Å²) in [6, 6.07) is 22.2. The molecule has 0 heterocycles. The van der Waals surface area contributed by atoms with Crippen molar-refractivity contribution in [3.63, 3.8) is 0 Å². The number of ketones is 1. The lowest BCUT2D eigenvalue weighted by molar-refractivity contribution is 0.0976. The van der Waals surface area contributed by atoms with Gasteiger partial charge in [-0.05, 0) is 67.1 Å². The third kappa shape index (κ3) is 5.75. The minimum atomic E-state index is -0.209. The summed E-state index contributed by atoms with van der Waals surface area (Å²) in [5, 5.41) is 4.08. The first-order chi connectivity index (χ1) is 14.1. The van der Waals surface area contributed by atoms with Crippen molar-refractivity contribution >= 4 is 23.1 Å². The Morgan fingerprint density at radius 1 is 1.00 bits per heavy atom. The summed E-state index contributed by atoms with van der Waals surface area (Å²) in [5.41, 5.74) is 2.50. The topological polar surface area (TPSA) is 47.6 Å². The van der Waals surface area contributed by atoms with Crippen LogP contribution in [0.4, 0.5) is 5.69 Å². The van der Waals surface area contributed by atoms with Crippen LogP contribution in [0.2, 0.25) is 5.02 Å². The Morgan fingerprint density at radius 2 is 1.69 bits per heavy atom. The van der Waals surface area contributed by atoms with Gasteiger partial charge in [-0.25, -0.2) is 0 Å². The Labute approximate surface area is 176 Å². The van der Waals surface area contributed by atoms with Crippen molar-refractivity contribution in [1.82, 2.24) is 0 Å². The highest BCUT2D eigenvalue weighted by atomic mass is 35.5. The van der Waals surface area contributed by atoms with E-state index >= 15 is 0 Å². The predicted molar refractivity (Wildman–Crippen MR) is 117 cm³/mol. The van der Waals surface area contributed by atoms with Gasteiger partial charge in [0.2, 0.25) is 0 Å². The van der Waals surface area contributed by atoms with Gasteiger partial charge in [0.25, 0.3) is 0 Å². The van der Waals surface area contributed by atoms with Crippen LogP contribution in [-0.2, 0) is 0 Å². The van der Waals surface area contributed by atoms with E-state index in [2.05, 4.69) is 5.32 Å². The van der Waals surface area contributed by atoms with E-state index in [1.54, 1.807) is 31.4 Å². The maximum Gasteiger partial charge on any atom is 0.165 e. The van der Waals surface area contributed by atoms with Gasteiger partial charge in [0.15, 0.2) is 5.78 Å². The fourth-order valence-electron chi connectivity index (χ4n) is 3.07. The lowest BCUT2D eigenvalue weighted by Crippen LogP contribution is -2.16. The van der Waals surface area contributed by atoms with Gasteiger partial charge in [-0.15, -0.1) is 0 Å². The van der Waals surface area contributed by atoms with Crippen LogP contribution >= 0.6 is 11.6 Å². The molecule has 0 aliphatic heterocycles. The van der Waals surface area contributed by atoms with E-state index in [9.17, 15) is 4.79 Å². The first kappa shape index (κ1) is 20.7. The fourth-order valence-corrected chi connectivity index (χ4v) is 3.27. The molecule has 0 aliphatic carbocycles. The van der Waals surface area contributed by atoms with E-state index in [4.69, 9.17) is 21.1 Å². The zero-order valence-electron chi connectivity index (χ0n) is 16.5. The summed E-state index contributed by atoms with van der Waals surface area (Å²) >= 11 is 6.12. The lowest BCUT2D eigenvalue weighted by atomic mass is 9.97. The molecule has 3 aromatic rings. The number of carbonyl (C=O) groups excluding carboxylic acids is 1. The molecule has 1 N–H and O–H groups in total. The highest BCUT2D eigenvalue weighted by Gasteiger charge is 2.18. The summed E-state index contributed by atoms with van der Waals surface area (Å²) < 4.78 is 10.7. The molecule has 0 bridgehead atoms. The molecule has 0 radical (unpaired) electrons. The third-order valence-corrected chi connectivity index (χ3v) is 4.80.